The minimum Gasteiger partial charge on any atom is -0.457 e. The van der Waals surface area contributed by atoms with Gasteiger partial charge in [-0.25, -0.2) is 4.57 Å². The number of aliphatic hydroxyl groups is 2. The lowest BCUT2D eigenvalue weighted by Gasteiger charge is -2.20. The maximum atomic E-state index is 12.5. The minimum atomic E-state index is -4.51. The first-order valence-electron chi connectivity index (χ1n) is 19.3. The summed E-state index contributed by atoms with van der Waals surface area (Å²) < 4.78 is 33.2. The van der Waals surface area contributed by atoms with Gasteiger partial charge in [0.15, 0.2) is 0 Å². The maximum Gasteiger partial charge on any atom is 0.472 e. The number of ether oxygens (including phenoxy) is 2. The molecular formula is C38H73O9P. The molecule has 0 aromatic heterocycles. The Bertz CT molecular complexity index is 805. The van der Waals surface area contributed by atoms with Crippen LogP contribution in [0.5, 0.6) is 0 Å². The Balaban J connectivity index is 4.24. The SMILES string of the molecule is CCCCCC/C=C\C/C=C\CCCCCCCC(=O)OC(COCCCCCCCCCCCCC)COP(=O)(O)OCC(O)CO. The highest BCUT2D eigenvalue weighted by Crippen LogP contribution is 2.43. The molecule has 0 radical (unpaired) electrons. The number of hydrogen-bond donors (Lipinski definition) is 3. The van der Waals surface area contributed by atoms with Crippen molar-refractivity contribution in [2.24, 2.45) is 0 Å². The van der Waals surface area contributed by atoms with Gasteiger partial charge in [-0.1, -0.05) is 141 Å². The van der Waals surface area contributed by atoms with Crippen molar-refractivity contribution in [1.82, 2.24) is 0 Å². The van der Waals surface area contributed by atoms with Gasteiger partial charge >= 0.3 is 13.8 Å². The molecule has 10 heteroatoms. The van der Waals surface area contributed by atoms with Crippen molar-refractivity contribution in [3.05, 3.63) is 24.3 Å². The Morgan fingerprint density at radius 3 is 1.69 bits per heavy atom. The van der Waals surface area contributed by atoms with Gasteiger partial charge in [-0.3, -0.25) is 13.8 Å². The van der Waals surface area contributed by atoms with Crippen molar-refractivity contribution in [3.63, 3.8) is 0 Å². The maximum absolute atomic E-state index is 12.5. The smallest absolute Gasteiger partial charge is 0.457 e. The highest BCUT2D eigenvalue weighted by molar-refractivity contribution is 7.47. The van der Waals surface area contributed by atoms with Crippen molar-refractivity contribution in [2.75, 3.05) is 33.0 Å². The molecule has 3 N–H and O–H groups in total. The van der Waals surface area contributed by atoms with Crippen molar-refractivity contribution in [2.45, 2.75) is 180 Å². The topological polar surface area (TPSA) is 132 Å². The van der Waals surface area contributed by atoms with E-state index >= 15 is 0 Å². The second-order valence-electron chi connectivity index (χ2n) is 13.0. The fraction of sp³-hybridized carbons (Fsp3) is 0.868. The average molecular weight is 705 g/mol. The molecule has 0 aromatic rings. The van der Waals surface area contributed by atoms with E-state index in [-0.39, 0.29) is 19.6 Å². The number of carbonyl (C=O) groups excluding carboxylic acids is 1. The zero-order valence-electron chi connectivity index (χ0n) is 30.7. The van der Waals surface area contributed by atoms with Gasteiger partial charge < -0.3 is 24.6 Å². The van der Waals surface area contributed by atoms with Crippen LogP contribution in [0.4, 0.5) is 0 Å². The van der Waals surface area contributed by atoms with Gasteiger partial charge in [-0.15, -0.1) is 0 Å². The minimum absolute atomic E-state index is 0.0467. The molecule has 0 rings (SSSR count). The number of rotatable bonds is 37. The lowest BCUT2D eigenvalue weighted by atomic mass is 10.1. The predicted octanol–water partition coefficient (Wildman–Crippen LogP) is 9.92. The molecule has 0 spiro atoms. The van der Waals surface area contributed by atoms with E-state index in [4.69, 9.17) is 23.6 Å². The molecule has 0 amide bonds. The molecular weight excluding hydrogens is 631 g/mol. The Kier molecular flexibility index (Phi) is 35.0. The first-order valence-corrected chi connectivity index (χ1v) is 20.8. The van der Waals surface area contributed by atoms with Crippen LogP contribution in [0.2, 0.25) is 0 Å². The van der Waals surface area contributed by atoms with Crippen LogP contribution in [-0.4, -0.2) is 66.3 Å². The Morgan fingerprint density at radius 2 is 1.12 bits per heavy atom. The van der Waals surface area contributed by atoms with E-state index in [0.717, 1.165) is 57.8 Å². The van der Waals surface area contributed by atoms with Crippen molar-refractivity contribution >= 4 is 13.8 Å². The van der Waals surface area contributed by atoms with Gasteiger partial charge in [0.1, 0.15) is 12.2 Å². The standard InChI is InChI=1S/C38H73O9P/c1-3-5-7-9-11-13-15-16-17-18-19-20-22-24-26-28-30-38(41)47-37(35-46-48(42,43)45-33-36(40)32-39)34-44-31-29-27-25-23-21-14-12-10-8-6-4-2/h13,15,17-18,36-37,39-40H,3-12,14,16,19-35H2,1-2H3,(H,42,43)/b15-13-,18-17-. The van der Waals surface area contributed by atoms with E-state index in [1.54, 1.807) is 0 Å². The average Bonchev–Trinajstić information content (AvgIpc) is 3.07. The molecule has 0 saturated heterocycles. The Morgan fingerprint density at radius 1 is 0.646 bits per heavy atom. The molecule has 284 valence electrons. The summed E-state index contributed by atoms with van der Waals surface area (Å²) in [6.45, 7) is 3.48. The highest BCUT2D eigenvalue weighted by Gasteiger charge is 2.26. The first kappa shape index (κ1) is 46.9. The van der Waals surface area contributed by atoms with Crippen LogP contribution in [0.3, 0.4) is 0 Å². The quantitative estimate of drug-likeness (QED) is 0.0250. The molecule has 0 heterocycles. The second kappa shape index (κ2) is 35.8. The van der Waals surface area contributed by atoms with Gasteiger partial charge in [0.25, 0.3) is 0 Å². The lowest BCUT2D eigenvalue weighted by Crippen LogP contribution is -2.29. The summed E-state index contributed by atoms with van der Waals surface area (Å²) >= 11 is 0. The van der Waals surface area contributed by atoms with E-state index < -0.39 is 39.2 Å². The van der Waals surface area contributed by atoms with Gasteiger partial charge in [-0.2, -0.15) is 0 Å². The number of phosphoric acid groups is 1. The fourth-order valence-corrected chi connectivity index (χ4v) is 5.94. The monoisotopic (exact) mass is 704 g/mol. The van der Waals surface area contributed by atoms with Gasteiger partial charge in [-0.05, 0) is 44.9 Å². The molecule has 0 bridgehead atoms. The van der Waals surface area contributed by atoms with Crippen LogP contribution >= 0.6 is 7.82 Å². The van der Waals surface area contributed by atoms with Gasteiger partial charge in [0.2, 0.25) is 0 Å². The van der Waals surface area contributed by atoms with E-state index in [0.29, 0.717) is 13.0 Å². The van der Waals surface area contributed by atoms with E-state index in [2.05, 4.69) is 38.2 Å². The molecule has 9 nitrogen and oxygen atoms in total. The third kappa shape index (κ3) is 34.8. The number of esters is 1. The molecule has 0 fully saturated rings. The summed E-state index contributed by atoms with van der Waals surface area (Å²) in [7, 11) is -4.51. The predicted molar refractivity (Wildman–Crippen MR) is 196 cm³/mol. The number of unbranched alkanes of at least 4 members (excludes halogenated alkanes) is 19. The zero-order chi connectivity index (χ0) is 35.4. The number of phosphoric ester groups is 1. The first-order chi connectivity index (χ1) is 23.3. The third-order valence-corrected chi connectivity index (χ3v) is 9.09. The summed E-state index contributed by atoms with van der Waals surface area (Å²) in [4.78, 5) is 22.5. The Labute approximate surface area is 293 Å². The number of aliphatic hydroxyl groups excluding tert-OH is 2. The molecule has 0 aliphatic carbocycles. The van der Waals surface area contributed by atoms with Crippen LogP contribution < -0.4 is 0 Å². The summed E-state index contributed by atoms with van der Waals surface area (Å²) in [6, 6.07) is 0. The van der Waals surface area contributed by atoms with Crippen molar-refractivity contribution in [1.29, 1.82) is 0 Å². The lowest BCUT2D eigenvalue weighted by molar-refractivity contribution is -0.154. The highest BCUT2D eigenvalue weighted by atomic mass is 31.2. The van der Waals surface area contributed by atoms with E-state index in [9.17, 15) is 19.4 Å². The molecule has 0 saturated carbocycles. The van der Waals surface area contributed by atoms with Crippen molar-refractivity contribution < 1.29 is 43.0 Å². The van der Waals surface area contributed by atoms with Crippen molar-refractivity contribution in [3.8, 4) is 0 Å². The summed E-state index contributed by atoms with van der Waals surface area (Å²) in [6.07, 6.45) is 34.1. The van der Waals surface area contributed by atoms with Gasteiger partial charge in [0.05, 0.1) is 26.4 Å². The van der Waals surface area contributed by atoms with Crippen LogP contribution in [0.25, 0.3) is 0 Å². The number of allylic oxidation sites excluding steroid dienone is 4. The molecule has 48 heavy (non-hydrogen) atoms. The molecule has 0 aromatic carbocycles. The second-order valence-corrected chi connectivity index (χ2v) is 14.4. The largest absolute Gasteiger partial charge is 0.472 e. The van der Waals surface area contributed by atoms with E-state index in [1.165, 1.54) is 83.5 Å². The fourth-order valence-electron chi connectivity index (χ4n) is 5.15. The third-order valence-electron chi connectivity index (χ3n) is 8.14. The molecule has 3 unspecified atom stereocenters. The molecule has 0 aliphatic heterocycles. The van der Waals surface area contributed by atoms with E-state index in [1.807, 2.05) is 0 Å². The molecule has 0 aliphatic rings. The number of carbonyl (C=O) groups is 1. The normalized spacial score (nSPS) is 14.5. The summed E-state index contributed by atoms with van der Waals surface area (Å²) in [5.74, 6) is -0.396. The zero-order valence-corrected chi connectivity index (χ0v) is 31.6. The van der Waals surface area contributed by atoms with Gasteiger partial charge in [0, 0.05) is 13.0 Å². The summed E-state index contributed by atoms with van der Waals surface area (Å²) in [5.41, 5.74) is 0. The van der Waals surface area contributed by atoms with Crippen LogP contribution in [0.15, 0.2) is 24.3 Å². The Hall–Kier alpha value is -1.06. The van der Waals surface area contributed by atoms with Crippen LogP contribution in [0, 0.1) is 0 Å². The molecule has 3 atom stereocenters. The van der Waals surface area contributed by atoms with Crippen LogP contribution in [0.1, 0.15) is 168 Å². The van der Waals surface area contributed by atoms with Crippen LogP contribution in [-0.2, 0) is 27.9 Å². The summed E-state index contributed by atoms with van der Waals surface area (Å²) in [5, 5.41) is 18.3. The number of hydrogen-bond acceptors (Lipinski definition) is 8.